The number of nitrogens with one attached hydrogen (secondary N) is 1. The van der Waals surface area contributed by atoms with E-state index in [1.54, 1.807) is 18.4 Å². The Morgan fingerprint density at radius 2 is 1.86 bits per heavy atom. The van der Waals surface area contributed by atoms with Crippen LogP contribution >= 0.6 is 11.3 Å². The summed E-state index contributed by atoms with van der Waals surface area (Å²) in [4.78, 5) is 19.7. The zero-order chi connectivity index (χ0) is 25.3. The van der Waals surface area contributed by atoms with E-state index in [1.165, 1.54) is 0 Å². The molecule has 36 heavy (non-hydrogen) atoms. The number of amides is 1. The Morgan fingerprint density at radius 3 is 2.61 bits per heavy atom. The Morgan fingerprint density at radius 1 is 1.08 bits per heavy atom. The first-order chi connectivity index (χ1) is 17.6. The van der Waals surface area contributed by atoms with Crippen LogP contribution in [0.1, 0.15) is 27.0 Å². The molecular formula is C29H30N4O2S. The molecule has 0 unspecified atom stereocenters. The monoisotopic (exact) mass is 498 g/mol. The highest BCUT2D eigenvalue weighted by molar-refractivity contribution is 7.14. The SMILES string of the molecule is C=CCN(Cc1ccc(C(=O)NCc2cccc(CN)c2)cc1)c1nc(-c2cccc(OC)c2)cs1. The molecule has 0 aliphatic carbocycles. The molecule has 0 radical (unpaired) electrons. The van der Waals surface area contributed by atoms with Crippen molar-refractivity contribution in [3.63, 3.8) is 0 Å². The summed E-state index contributed by atoms with van der Waals surface area (Å²) >= 11 is 1.59. The number of rotatable bonds is 11. The summed E-state index contributed by atoms with van der Waals surface area (Å²) < 4.78 is 5.34. The van der Waals surface area contributed by atoms with Gasteiger partial charge in [-0.2, -0.15) is 0 Å². The summed E-state index contributed by atoms with van der Waals surface area (Å²) in [6, 6.07) is 23.5. The molecule has 0 aliphatic rings. The minimum atomic E-state index is -0.106. The van der Waals surface area contributed by atoms with Crippen LogP contribution in [0.3, 0.4) is 0 Å². The average molecular weight is 499 g/mol. The molecule has 0 saturated heterocycles. The van der Waals surface area contributed by atoms with Gasteiger partial charge in [-0.3, -0.25) is 4.79 Å². The van der Waals surface area contributed by atoms with Crippen molar-refractivity contribution in [3.8, 4) is 17.0 Å². The van der Waals surface area contributed by atoms with Crippen molar-refractivity contribution in [2.24, 2.45) is 5.73 Å². The largest absolute Gasteiger partial charge is 0.497 e. The van der Waals surface area contributed by atoms with Gasteiger partial charge >= 0.3 is 0 Å². The van der Waals surface area contributed by atoms with Gasteiger partial charge in [0.15, 0.2) is 5.13 Å². The van der Waals surface area contributed by atoms with Crippen molar-refractivity contribution in [1.29, 1.82) is 0 Å². The van der Waals surface area contributed by atoms with E-state index < -0.39 is 0 Å². The van der Waals surface area contributed by atoms with Crippen LogP contribution in [0.5, 0.6) is 5.75 Å². The smallest absolute Gasteiger partial charge is 0.251 e. The highest BCUT2D eigenvalue weighted by atomic mass is 32.1. The molecule has 0 aliphatic heterocycles. The van der Waals surface area contributed by atoms with E-state index in [4.69, 9.17) is 15.5 Å². The number of hydrogen-bond donors (Lipinski definition) is 2. The Kier molecular flexibility index (Phi) is 8.49. The zero-order valence-electron chi connectivity index (χ0n) is 20.3. The summed E-state index contributed by atoms with van der Waals surface area (Å²) in [5.41, 5.74) is 11.4. The van der Waals surface area contributed by atoms with Crippen LogP contribution in [-0.4, -0.2) is 24.5 Å². The van der Waals surface area contributed by atoms with Crippen molar-refractivity contribution >= 4 is 22.4 Å². The molecule has 0 atom stereocenters. The fraction of sp³-hybridized carbons (Fsp3) is 0.172. The van der Waals surface area contributed by atoms with Crippen molar-refractivity contribution in [2.45, 2.75) is 19.6 Å². The van der Waals surface area contributed by atoms with E-state index >= 15 is 0 Å². The van der Waals surface area contributed by atoms with Crippen molar-refractivity contribution < 1.29 is 9.53 Å². The molecule has 4 rings (SSSR count). The van der Waals surface area contributed by atoms with Gasteiger partial charge in [-0.15, -0.1) is 17.9 Å². The normalized spacial score (nSPS) is 10.6. The van der Waals surface area contributed by atoms with Crippen LogP contribution < -0.4 is 20.7 Å². The number of anilines is 1. The number of aromatic nitrogens is 1. The van der Waals surface area contributed by atoms with Gasteiger partial charge in [-0.05, 0) is 41.0 Å². The summed E-state index contributed by atoms with van der Waals surface area (Å²) in [5, 5.41) is 5.94. The molecular weight excluding hydrogens is 468 g/mol. The van der Waals surface area contributed by atoms with Gasteiger partial charge in [0, 0.05) is 42.7 Å². The summed E-state index contributed by atoms with van der Waals surface area (Å²) in [6.45, 7) is 6.17. The predicted molar refractivity (Wildman–Crippen MR) is 147 cm³/mol. The van der Waals surface area contributed by atoms with Gasteiger partial charge in [0.25, 0.3) is 5.91 Å². The lowest BCUT2D eigenvalue weighted by molar-refractivity contribution is 0.0951. The lowest BCUT2D eigenvalue weighted by atomic mass is 10.1. The van der Waals surface area contributed by atoms with Crippen LogP contribution in [-0.2, 0) is 19.6 Å². The second-order valence-electron chi connectivity index (χ2n) is 8.32. The average Bonchev–Trinajstić information content (AvgIpc) is 3.42. The third-order valence-corrected chi connectivity index (χ3v) is 6.65. The molecule has 7 heteroatoms. The van der Waals surface area contributed by atoms with Gasteiger partial charge in [-0.1, -0.05) is 54.6 Å². The van der Waals surface area contributed by atoms with E-state index in [2.05, 4.69) is 22.2 Å². The summed E-state index contributed by atoms with van der Waals surface area (Å²) in [5.74, 6) is 0.698. The van der Waals surface area contributed by atoms with Crippen LogP contribution in [0.4, 0.5) is 5.13 Å². The second kappa shape index (κ2) is 12.2. The number of nitrogens with zero attached hydrogens (tertiary/aromatic N) is 2. The number of nitrogens with two attached hydrogens (primary N) is 1. The number of hydrogen-bond acceptors (Lipinski definition) is 6. The fourth-order valence-electron chi connectivity index (χ4n) is 3.82. The van der Waals surface area contributed by atoms with Gasteiger partial charge in [0.2, 0.25) is 0 Å². The molecule has 0 spiro atoms. The number of carbonyl (C=O) groups is 1. The molecule has 3 aromatic carbocycles. The first-order valence-corrected chi connectivity index (χ1v) is 12.6. The molecule has 3 N–H and O–H groups in total. The van der Waals surface area contributed by atoms with Crippen molar-refractivity contribution in [3.05, 3.63) is 113 Å². The van der Waals surface area contributed by atoms with Gasteiger partial charge in [-0.25, -0.2) is 4.98 Å². The number of methoxy groups -OCH3 is 1. The third kappa shape index (κ3) is 6.38. The van der Waals surface area contributed by atoms with Gasteiger partial charge in [0.05, 0.1) is 12.8 Å². The minimum Gasteiger partial charge on any atom is -0.497 e. The molecule has 0 bridgehead atoms. The summed E-state index contributed by atoms with van der Waals surface area (Å²) in [7, 11) is 1.66. The van der Waals surface area contributed by atoms with Crippen molar-refractivity contribution in [1.82, 2.24) is 10.3 Å². The molecule has 6 nitrogen and oxygen atoms in total. The first kappa shape index (κ1) is 25.2. The molecule has 1 amide bonds. The maximum absolute atomic E-state index is 12.6. The number of ether oxygens (including phenoxy) is 1. The quantitative estimate of drug-likeness (QED) is 0.271. The fourth-order valence-corrected chi connectivity index (χ4v) is 4.67. The minimum absolute atomic E-state index is 0.106. The maximum Gasteiger partial charge on any atom is 0.251 e. The Balaban J connectivity index is 1.40. The topological polar surface area (TPSA) is 80.5 Å². The highest BCUT2D eigenvalue weighted by Gasteiger charge is 2.13. The summed E-state index contributed by atoms with van der Waals surface area (Å²) in [6.07, 6.45) is 1.87. The Bertz CT molecular complexity index is 1320. The molecule has 0 saturated carbocycles. The Hall–Kier alpha value is -3.94. The second-order valence-corrected chi connectivity index (χ2v) is 9.16. The molecule has 4 aromatic rings. The van der Waals surface area contributed by atoms with Crippen LogP contribution in [0.25, 0.3) is 11.3 Å². The van der Waals surface area contributed by atoms with Gasteiger partial charge < -0.3 is 20.7 Å². The van der Waals surface area contributed by atoms with Crippen LogP contribution in [0.2, 0.25) is 0 Å². The van der Waals surface area contributed by atoms with Crippen molar-refractivity contribution in [2.75, 3.05) is 18.6 Å². The third-order valence-electron chi connectivity index (χ3n) is 5.75. The number of thiazole rings is 1. The lowest BCUT2D eigenvalue weighted by Gasteiger charge is -2.20. The van der Waals surface area contributed by atoms with Crippen LogP contribution in [0, 0.1) is 0 Å². The molecule has 184 valence electrons. The van der Waals surface area contributed by atoms with E-state index in [1.807, 2.05) is 78.9 Å². The zero-order valence-corrected chi connectivity index (χ0v) is 21.1. The van der Waals surface area contributed by atoms with E-state index in [0.29, 0.717) is 31.7 Å². The van der Waals surface area contributed by atoms with E-state index in [9.17, 15) is 4.79 Å². The Labute approximate surface area is 216 Å². The highest BCUT2D eigenvalue weighted by Crippen LogP contribution is 2.30. The predicted octanol–water partition coefficient (Wildman–Crippen LogP) is 5.40. The van der Waals surface area contributed by atoms with Gasteiger partial charge in [0.1, 0.15) is 5.75 Å². The molecule has 1 aromatic heterocycles. The standard InChI is InChI=1S/C29H30N4O2S/c1-3-14-33(29-32-27(20-36-29)25-8-5-9-26(16-25)35-2)19-21-10-12-24(13-11-21)28(34)31-18-23-7-4-6-22(15-23)17-30/h3-13,15-16,20H,1,14,17-19,30H2,2H3,(H,31,34). The van der Waals surface area contributed by atoms with Crippen LogP contribution in [0.15, 0.2) is 90.8 Å². The van der Waals surface area contributed by atoms with E-state index in [-0.39, 0.29) is 5.91 Å². The molecule has 1 heterocycles. The number of carbonyl (C=O) groups excluding carboxylic acids is 1. The van der Waals surface area contributed by atoms with E-state index in [0.717, 1.165) is 38.8 Å². The maximum atomic E-state index is 12.6. The first-order valence-electron chi connectivity index (χ1n) is 11.7. The molecule has 0 fully saturated rings. The number of benzene rings is 3. The lowest BCUT2D eigenvalue weighted by Crippen LogP contribution is -2.24.